The van der Waals surface area contributed by atoms with E-state index < -0.39 is 27.1 Å². The highest BCUT2D eigenvalue weighted by atomic mass is 32.2. The zero-order valence-corrected chi connectivity index (χ0v) is 21.5. The zero-order chi connectivity index (χ0) is 25.7. The van der Waals surface area contributed by atoms with Gasteiger partial charge in [-0.25, -0.2) is 8.42 Å². The average molecular weight is 511 g/mol. The lowest BCUT2D eigenvalue weighted by Crippen LogP contribution is -2.52. The van der Waals surface area contributed by atoms with Crippen molar-refractivity contribution in [1.29, 1.82) is 0 Å². The molecule has 0 aromatic heterocycles. The Morgan fingerprint density at radius 3 is 2.44 bits per heavy atom. The van der Waals surface area contributed by atoms with Crippen molar-refractivity contribution in [3.8, 4) is 12.3 Å². The minimum atomic E-state index is -3.57. The second-order valence-corrected chi connectivity index (χ2v) is 11.7. The molecule has 0 spiro atoms. The molecule has 9 heteroatoms. The summed E-state index contributed by atoms with van der Waals surface area (Å²) in [5, 5.41) is 7.03. The van der Waals surface area contributed by atoms with Gasteiger partial charge in [-0.1, -0.05) is 48.4 Å². The van der Waals surface area contributed by atoms with Crippen molar-refractivity contribution in [3.05, 3.63) is 48.0 Å². The number of rotatable bonds is 10. The zero-order valence-electron chi connectivity index (χ0n) is 20.7. The van der Waals surface area contributed by atoms with Crippen molar-refractivity contribution in [2.24, 2.45) is 0 Å². The number of fused-ring (bicyclic) bond motifs is 1. The molecule has 2 amide bonds. The molecule has 1 aliphatic heterocycles. The summed E-state index contributed by atoms with van der Waals surface area (Å²) in [5.41, 5.74) is 1.26. The monoisotopic (exact) mass is 510 g/mol. The van der Waals surface area contributed by atoms with Crippen molar-refractivity contribution >= 4 is 32.6 Å². The van der Waals surface area contributed by atoms with Crippen molar-refractivity contribution in [2.45, 2.75) is 49.9 Å². The predicted octanol–water partition coefficient (Wildman–Crippen LogP) is 2.03. The van der Waals surface area contributed by atoms with Gasteiger partial charge in [0, 0.05) is 25.2 Å². The molecule has 192 valence electrons. The van der Waals surface area contributed by atoms with Gasteiger partial charge in [0.1, 0.15) is 0 Å². The fraction of sp³-hybridized carbons (Fsp3) is 0.481. The van der Waals surface area contributed by atoms with Gasteiger partial charge in [-0.3, -0.25) is 14.5 Å². The van der Waals surface area contributed by atoms with E-state index >= 15 is 0 Å². The summed E-state index contributed by atoms with van der Waals surface area (Å²) in [4.78, 5) is 26.7. The maximum atomic E-state index is 13.2. The van der Waals surface area contributed by atoms with Crippen molar-refractivity contribution in [1.82, 2.24) is 19.8 Å². The van der Waals surface area contributed by atoms with Crippen LogP contribution in [0.4, 0.5) is 0 Å². The first-order chi connectivity index (χ1) is 17.3. The molecule has 1 aliphatic carbocycles. The molecular weight excluding hydrogens is 476 g/mol. The van der Waals surface area contributed by atoms with Crippen LogP contribution >= 0.6 is 0 Å². The minimum Gasteiger partial charge on any atom is -0.346 e. The van der Waals surface area contributed by atoms with Crippen LogP contribution in [0.5, 0.6) is 0 Å². The molecule has 0 radical (unpaired) electrons. The number of nitrogens with one attached hydrogen (secondary N) is 2. The molecule has 2 aromatic rings. The van der Waals surface area contributed by atoms with Gasteiger partial charge in [-0.2, -0.15) is 4.31 Å². The molecule has 1 saturated heterocycles. The van der Waals surface area contributed by atoms with E-state index in [1.54, 1.807) is 0 Å². The SMILES string of the molecule is C#CCNC(=O)CNC(=O)CN(C1CCN(C(C)c2cccc3ccccc23)CC1)S(=O)(=O)C1CC1. The number of piperidine rings is 1. The summed E-state index contributed by atoms with van der Waals surface area (Å²) >= 11 is 0. The smallest absolute Gasteiger partial charge is 0.240 e. The van der Waals surface area contributed by atoms with E-state index in [9.17, 15) is 18.0 Å². The standard InChI is InChI=1S/C27H34N4O4S/c1-3-15-28-26(32)18-29-27(33)19-31(36(34,35)23-11-12-23)22-13-16-30(17-14-22)20(2)24-10-6-8-21-7-4-5-9-25(21)24/h1,4-10,20,22-23H,11-19H2,2H3,(H,28,32)(H,29,33). The van der Waals surface area contributed by atoms with Gasteiger partial charge in [0.25, 0.3) is 0 Å². The van der Waals surface area contributed by atoms with Crippen LogP contribution in [0.2, 0.25) is 0 Å². The molecule has 2 N–H and O–H groups in total. The van der Waals surface area contributed by atoms with Gasteiger partial charge in [0.2, 0.25) is 21.8 Å². The van der Waals surface area contributed by atoms with Gasteiger partial charge in [0.15, 0.2) is 0 Å². The highest BCUT2D eigenvalue weighted by molar-refractivity contribution is 7.90. The number of likely N-dealkylation sites (tertiary alicyclic amines) is 1. The van der Waals surface area contributed by atoms with Crippen LogP contribution in [-0.4, -0.2) is 73.5 Å². The summed E-state index contributed by atoms with van der Waals surface area (Å²) < 4.78 is 27.8. The molecule has 1 saturated carbocycles. The molecule has 1 unspecified atom stereocenters. The van der Waals surface area contributed by atoms with Crippen LogP contribution in [0.15, 0.2) is 42.5 Å². The number of nitrogens with zero attached hydrogens (tertiary/aromatic N) is 2. The van der Waals surface area contributed by atoms with E-state index in [0.717, 1.165) is 13.1 Å². The average Bonchev–Trinajstić information content (AvgIpc) is 3.75. The van der Waals surface area contributed by atoms with E-state index in [1.165, 1.54) is 20.6 Å². The molecule has 36 heavy (non-hydrogen) atoms. The highest BCUT2D eigenvalue weighted by Crippen LogP contribution is 2.35. The lowest BCUT2D eigenvalue weighted by Gasteiger charge is -2.40. The Balaban J connectivity index is 1.40. The molecule has 1 heterocycles. The number of amides is 2. The Bertz CT molecular complexity index is 1240. The second-order valence-electron chi connectivity index (χ2n) is 9.56. The Hall–Kier alpha value is -2.93. The third kappa shape index (κ3) is 6.06. The molecule has 2 aliphatic rings. The molecule has 8 nitrogen and oxygen atoms in total. The fourth-order valence-corrected chi connectivity index (χ4v) is 6.98. The quantitative estimate of drug-likeness (QED) is 0.477. The highest BCUT2D eigenvalue weighted by Gasteiger charge is 2.44. The van der Waals surface area contributed by atoms with Crippen LogP contribution in [-0.2, 0) is 19.6 Å². The topological polar surface area (TPSA) is 98.8 Å². The Kier molecular flexibility index (Phi) is 8.29. The first-order valence-corrected chi connectivity index (χ1v) is 14.0. The molecule has 4 rings (SSSR count). The Labute approximate surface area is 213 Å². The Morgan fingerprint density at radius 2 is 1.75 bits per heavy atom. The lowest BCUT2D eigenvalue weighted by atomic mass is 9.96. The number of hydrogen-bond donors (Lipinski definition) is 2. The number of hydrogen-bond acceptors (Lipinski definition) is 5. The number of terminal acetylenes is 1. The van der Waals surface area contributed by atoms with Gasteiger partial charge < -0.3 is 10.6 Å². The predicted molar refractivity (Wildman–Crippen MR) is 140 cm³/mol. The lowest BCUT2D eigenvalue weighted by molar-refractivity contribution is -0.126. The summed E-state index contributed by atoms with van der Waals surface area (Å²) in [5.74, 6) is 1.40. The van der Waals surface area contributed by atoms with E-state index in [1.807, 2.05) is 6.07 Å². The van der Waals surface area contributed by atoms with Crippen molar-refractivity contribution < 1.29 is 18.0 Å². The molecule has 1 atom stereocenters. The van der Waals surface area contributed by atoms with Crippen LogP contribution in [0.25, 0.3) is 10.8 Å². The van der Waals surface area contributed by atoms with E-state index in [2.05, 4.69) is 64.8 Å². The number of carbonyl (C=O) groups excluding carboxylic acids is 2. The minimum absolute atomic E-state index is 0.0761. The largest absolute Gasteiger partial charge is 0.346 e. The summed E-state index contributed by atoms with van der Waals surface area (Å²) in [6, 6.07) is 14.6. The van der Waals surface area contributed by atoms with Crippen LogP contribution in [0.1, 0.15) is 44.2 Å². The van der Waals surface area contributed by atoms with Crippen molar-refractivity contribution in [3.63, 3.8) is 0 Å². The normalized spacial score (nSPS) is 18.0. The number of benzene rings is 2. The maximum Gasteiger partial charge on any atom is 0.240 e. The van der Waals surface area contributed by atoms with E-state index in [0.29, 0.717) is 25.7 Å². The first-order valence-electron chi connectivity index (χ1n) is 12.5. The molecule has 0 bridgehead atoms. The van der Waals surface area contributed by atoms with Crippen LogP contribution in [0.3, 0.4) is 0 Å². The van der Waals surface area contributed by atoms with E-state index in [4.69, 9.17) is 6.42 Å². The third-order valence-corrected chi connectivity index (χ3v) is 9.53. The summed E-state index contributed by atoms with van der Waals surface area (Å²) in [7, 11) is -3.57. The molecular formula is C27H34N4O4S. The van der Waals surface area contributed by atoms with E-state index in [-0.39, 0.29) is 31.7 Å². The van der Waals surface area contributed by atoms with Crippen LogP contribution in [0, 0.1) is 12.3 Å². The van der Waals surface area contributed by atoms with Crippen LogP contribution < -0.4 is 10.6 Å². The second kappa shape index (κ2) is 11.4. The first kappa shape index (κ1) is 26.1. The van der Waals surface area contributed by atoms with Crippen molar-refractivity contribution in [2.75, 3.05) is 32.7 Å². The number of sulfonamides is 1. The molecule has 2 aromatic carbocycles. The molecule has 2 fully saturated rings. The maximum absolute atomic E-state index is 13.2. The number of carbonyl (C=O) groups is 2. The third-order valence-electron chi connectivity index (χ3n) is 7.13. The van der Waals surface area contributed by atoms with Gasteiger partial charge >= 0.3 is 0 Å². The summed E-state index contributed by atoms with van der Waals surface area (Å²) in [6.45, 7) is 3.24. The van der Waals surface area contributed by atoms with Gasteiger partial charge in [-0.15, -0.1) is 6.42 Å². The Morgan fingerprint density at radius 1 is 1.06 bits per heavy atom. The van der Waals surface area contributed by atoms with Gasteiger partial charge in [-0.05, 0) is 48.9 Å². The van der Waals surface area contributed by atoms with Gasteiger partial charge in [0.05, 0.1) is 24.9 Å². The summed E-state index contributed by atoms with van der Waals surface area (Å²) in [6.07, 6.45) is 7.68. The fourth-order valence-electron chi connectivity index (χ4n) is 4.95.